The summed E-state index contributed by atoms with van der Waals surface area (Å²) in [7, 11) is 1.75. The number of imidazole rings is 1. The third-order valence-corrected chi connectivity index (χ3v) is 7.90. The number of rotatable bonds is 7. The highest BCUT2D eigenvalue weighted by Crippen LogP contribution is 2.40. The molecular formula is C27H32N4O4S. The van der Waals surface area contributed by atoms with Gasteiger partial charge in [0.05, 0.1) is 5.69 Å². The van der Waals surface area contributed by atoms with Crippen LogP contribution in [-0.2, 0) is 11.8 Å². The molecular weight excluding hydrogens is 476 g/mol. The highest BCUT2D eigenvalue weighted by atomic mass is 32.1. The minimum atomic E-state index is -1.05. The number of carbonyl (C=O) groups is 3. The van der Waals surface area contributed by atoms with Crippen LogP contribution in [0.2, 0.25) is 0 Å². The molecule has 4 rings (SSSR count). The van der Waals surface area contributed by atoms with E-state index >= 15 is 0 Å². The number of aromatic nitrogens is 2. The third kappa shape index (κ3) is 5.36. The Bertz CT molecular complexity index is 1250. The number of hydrogen-bond donors (Lipinski definition) is 2. The monoisotopic (exact) mass is 508 g/mol. The Morgan fingerprint density at radius 2 is 1.81 bits per heavy atom. The molecule has 0 bridgehead atoms. The maximum Gasteiger partial charge on any atom is 0.348 e. The van der Waals surface area contributed by atoms with Crippen molar-refractivity contribution in [1.29, 1.82) is 0 Å². The first-order valence-corrected chi connectivity index (χ1v) is 13.1. The summed E-state index contributed by atoms with van der Waals surface area (Å²) in [4.78, 5) is 44.8. The molecule has 9 heteroatoms. The lowest BCUT2D eigenvalue weighted by molar-refractivity contribution is -0.123. The number of nitrogens with zero attached hydrogens (tertiary/aromatic N) is 3. The van der Waals surface area contributed by atoms with Crippen molar-refractivity contribution in [3.8, 4) is 10.4 Å². The SMILES string of the molecule is CC1CCC(C(=O)N(c2cc(-c3ccc(NC(=O)c4nccn4C)cc3)sc2C(=O)O)C(C)C)CC1. The van der Waals surface area contributed by atoms with Gasteiger partial charge < -0.3 is 19.9 Å². The lowest BCUT2D eigenvalue weighted by Gasteiger charge is -2.33. The summed E-state index contributed by atoms with van der Waals surface area (Å²) in [5.41, 5.74) is 1.87. The third-order valence-electron chi connectivity index (χ3n) is 6.74. The Balaban J connectivity index is 1.59. The number of carbonyl (C=O) groups excluding carboxylic acids is 2. The van der Waals surface area contributed by atoms with E-state index in [0.29, 0.717) is 23.1 Å². The predicted molar refractivity (Wildman–Crippen MR) is 142 cm³/mol. The predicted octanol–water partition coefficient (Wildman–Crippen LogP) is 5.67. The molecule has 0 saturated heterocycles. The molecule has 2 heterocycles. The highest BCUT2D eigenvalue weighted by molar-refractivity contribution is 7.18. The maximum atomic E-state index is 13.5. The summed E-state index contributed by atoms with van der Waals surface area (Å²) in [5.74, 6) is -0.494. The average molecular weight is 509 g/mol. The molecule has 0 spiro atoms. The summed E-state index contributed by atoms with van der Waals surface area (Å²) in [5, 5.41) is 12.8. The largest absolute Gasteiger partial charge is 0.477 e. The van der Waals surface area contributed by atoms with E-state index in [2.05, 4.69) is 17.2 Å². The zero-order valence-electron chi connectivity index (χ0n) is 21.0. The Hall–Kier alpha value is -3.46. The van der Waals surface area contributed by atoms with Gasteiger partial charge in [-0.1, -0.05) is 19.1 Å². The highest BCUT2D eigenvalue weighted by Gasteiger charge is 2.33. The van der Waals surface area contributed by atoms with Gasteiger partial charge in [0, 0.05) is 42.0 Å². The first kappa shape index (κ1) is 25.6. The zero-order valence-corrected chi connectivity index (χ0v) is 21.8. The number of aromatic carboxylic acids is 1. The van der Waals surface area contributed by atoms with E-state index in [1.165, 1.54) is 0 Å². The van der Waals surface area contributed by atoms with Crippen molar-refractivity contribution in [2.24, 2.45) is 18.9 Å². The summed E-state index contributed by atoms with van der Waals surface area (Å²) in [6, 6.07) is 8.84. The second-order valence-corrected chi connectivity index (χ2v) is 10.8. The molecule has 1 aliphatic carbocycles. The molecule has 0 atom stereocenters. The molecule has 36 heavy (non-hydrogen) atoms. The molecule has 2 amide bonds. The first-order valence-electron chi connectivity index (χ1n) is 12.2. The van der Waals surface area contributed by atoms with Crippen LogP contribution in [0.3, 0.4) is 0 Å². The number of carboxylic acids is 1. The van der Waals surface area contributed by atoms with Crippen LogP contribution in [0, 0.1) is 11.8 Å². The van der Waals surface area contributed by atoms with Crippen LogP contribution in [0.15, 0.2) is 42.7 Å². The lowest BCUT2D eigenvalue weighted by atomic mass is 9.82. The molecule has 2 aromatic heterocycles. The van der Waals surface area contributed by atoms with Crippen LogP contribution < -0.4 is 10.2 Å². The molecule has 8 nitrogen and oxygen atoms in total. The second-order valence-electron chi connectivity index (χ2n) is 9.78. The van der Waals surface area contributed by atoms with Crippen molar-refractivity contribution in [1.82, 2.24) is 9.55 Å². The van der Waals surface area contributed by atoms with E-state index in [0.717, 1.165) is 47.5 Å². The van der Waals surface area contributed by atoms with Gasteiger partial charge in [-0.15, -0.1) is 11.3 Å². The molecule has 2 N–H and O–H groups in total. The maximum absolute atomic E-state index is 13.5. The zero-order chi connectivity index (χ0) is 26.0. The van der Waals surface area contributed by atoms with Gasteiger partial charge in [-0.2, -0.15) is 0 Å². The van der Waals surface area contributed by atoms with Crippen LogP contribution >= 0.6 is 11.3 Å². The van der Waals surface area contributed by atoms with Crippen LogP contribution in [-0.4, -0.2) is 38.5 Å². The first-order chi connectivity index (χ1) is 17.2. The number of nitrogens with one attached hydrogen (secondary N) is 1. The number of anilines is 2. The van der Waals surface area contributed by atoms with Gasteiger partial charge in [0.2, 0.25) is 5.91 Å². The molecule has 3 aromatic rings. The van der Waals surface area contributed by atoms with E-state index in [1.807, 2.05) is 26.0 Å². The Kier molecular flexibility index (Phi) is 7.59. The van der Waals surface area contributed by atoms with E-state index in [-0.39, 0.29) is 28.7 Å². The molecule has 1 aromatic carbocycles. The van der Waals surface area contributed by atoms with Crippen molar-refractivity contribution >= 4 is 40.5 Å². The number of amides is 2. The fourth-order valence-electron chi connectivity index (χ4n) is 4.70. The van der Waals surface area contributed by atoms with Gasteiger partial charge in [-0.3, -0.25) is 9.59 Å². The van der Waals surface area contributed by atoms with Gasteiger partial charge in [0.1, 0.15) is 4.88 Å². The molecule has 1 saturated carbocycles. The summed E-state index contributed by atoms with van der Waals surface area (Å²) >= 11 is 1.16. The van der Waals surface area contributed by atoms with Crippen molar-refractivity contribution in [3.63, 3.8) is 0 Å². The number of benzene rings is 1. The number of hydrogen-bond acceptors (Lipinski definition) is 5. The second kappa shape index (κ2) is 10.7. The smallest absolute Gasteiger partial charge is 0.348 e. The molecule has 0 unspecified atom stereocenters. The topological polar surface area (TPSA) is 105 Å². The van der Waals surface area contributed by atoms with E-state index in [1.54, 1.807) is 47.1 Å². The Morgan fingerprint density at radius 3 is 2.36 bits per heavy atom. The summed E-state index contributed by atoms with van der Waals surface area (Å²) < 4.78 is 1.64. The quantitative estimate of drug-likeness (QED) is 0.428. The van der Waals surface area contributed by atoms with E-state index in [9.17, 15) is 19.5 Å². The number of thiophene rings is 1. The lowest BCUT2D eigenvalue weighted by Crippen LogP contribution is -2.42. The average Bonchev–Trinajstić information content (AvgIpc) is 3.47. The minimum Gasteiger partial charge on any atom is -0.477 e. The van der Waals surface area contributed by atoms with Gasteiger partial charge in [0.15, 0.2) is 5.82 Å². The number of aryl methyl sites for hydroxylation is 1. The standard InChI is InChI=1S/C27H32N4O4S/c1-16(2)31(26(33)19-7-5-17(3)6-8-19)21-15-22(36-23(21)27(34)35)18-9-11-20(12-10-18)29-25(32)24-28-13-14-30(24)4/h9-17,19H,5-8H2,1-4H3,(H,29,32)(H,34,35). The summed E-state index contributed by atoms with van der Waals surface area (Å²) in [6.07, 6.45) is 6.99. The van der Waals surface area contributed by atoms with E-state index in [4.69, 9.17) is 0 Å². The fourth-order valence-corrected chi connectivity index (χ4v) is 5.69. The van der Waals surface area contributed by atoms with Crippen LogP contribution in [0.4, 0.5) is 11.4 Å². The minimum absolute atomic E-state index is 0.0103. The Morgan fingerprint density at radius 1 is 1.14 bits per heavy atom. The molecule has 1 aliphatic rings. The fraction of sp³-hybridized carbons (Fsp3) is 0.407. The van der Waals surface area contributed by atoms with Crippen molar-refractivity contribution in [2.45, 2.75) is 52.5 Å². The number of carboxylic acid groups (broad SMARTS) is 1. The van der Waals surface area contributed by atoms with Crippen LogP contribution in [0.25, 0.3) is 10.4 Å². The Labute approximate surface area is 215 Å². The van der Waals surface area contributed by atoms with Gasteiger partial charge in [-0.05, 0) is 69.2 Å². The summed E-state index contributed by atoms with van der Waals surface area (Å²) in [6.45, 7) is 6.06. The van der Waals surface area contributed by atoms with Crippen molar-refractivity contribution in [2.75, 3.05) is 10.2 Å². The molecule has 1 fully saturated rings. The van der Waals surface area contributed by atoms with Crippen LogP contribution in [0.5, 0.6) is 0 Å². The molecule has 0 aliphatic heterocycles. The molecule has 0 radical (unpaired) electrons. The molecule has 190 valence electrons. The van der Waals surface area contributed by atoms with Gasteiger partial charge in [-0.25, -0.2) is 9.78 Å². The van der Waals surface area contributed by atoms with Gasteiger partial charge >= 0.3 is 5.97 Å². The normalized spacial score (nSPS) is 17.7. The van der Waals surface area contributed by atoms with Crippen molar-refractivity contribution < 1.29 is 19.5 Å². The van der Waals surface area contributed by atoms with Gasteiger partial charge in [0.25, 0.3) is 5.91 Å². The van der Waals surface area contributed by atoms with Crippen LogP contribution in [0.1, 0.15) is 66.7 Å². The van der Waals surface area contributed by atoms with E-state index < -0.39 is 5.97 Å². The van der Waals surface area contributed by atoms with Crippen molar-refractivity contribution in [3.05, 3.63) is 53.4 Å².